The molecule has 20 heavy (non-hydrogen) atoms. The van der Waals surface area contributed by atoms with Gasteiger partial charge in [0.25, 0.3) is 5.56 Å². The number of hydrogen-bond acceptors (Lipinski definition) is 4. The van der Waals surface area contributed by atoms with Gasteiger partial charge in [-0.2, -0.15) is 13.2 Å². The van der Waals surface area contributed by atoms with Gasteiger partial charge in [-0.25, -0.2) is 4.79 Å². The number of aryl methyl sites for hydroxylation is 1. The van der Waals surface area contributed by atoms with E-state index < -0.39 is 41.9 Å². The quantitative estimate of drug-likeness (QED) is 0.764. The predicted octanol–water partition coefficient (Wildman–Crippen LogP) is 0.223. The number of hydrogen-bond donors (Lipinski definition) is 2. The summed E-state index contributed by atoms with van der Waals surface area (Å²) >= 11 is 0. The van der Waals surface area contributed by atoms with E-state index in [1.165, 1.54) is 6.92 Å². The molecule has 2 heterocycles. The molecule has 0 fully saturated rings. The summed E-state index contributed by atoms with van der Waals surface area (Å²) in [4.78, 5) is 24.8. The van der Waals surface area contributed by atoms with Crippen molar-refractivity contribution in [1.29, 1.82) is 0 Å². The van der Waals surface area contributed by atoms with Gasteiger partial charge in [0, 0.05) is 11.8 Å². The van der Waals surface area contributed by atoms with E-state index in [4.69, 9.17) is 9.84 Å². The van der Waals surface area contributed by atoms with Crippen LogP contribution in [0.1, 0.15) is 11.8 Å². The highest BCUT2D eigenvalue weighted by molar-refractivity contribution is 5.21. The summed E-state index contributed by atoms with van der Waals surface area (Å²) in [5.74, 6) is 0. The molecule has 1 aromatic rings. The summed E-state index contributed by atoms with van der Waals surface area (Å²) < 4.78 is 44.0. The lowest BCUT2D eigenvalue weighted by Gasteiger charge is -2.16. The lowest BCUT2D eigenvalue weighted by Crippen LogP contribution is -2.33. The molecular formula is C11H11F3N2O4. The van der Waals surface area contributed by atoms with Crippen molar-refractivity contribution in [3.05, 3.63) is 44.2 Å². The first kappa shape index (κ1) is 14.5. The van der Waals surface area contributed by atoms with Gasteiger partial charge in [-0.1, -0.05) is 0 Å². The third kappa shape index (κ3) is 2.54. The van der Waals surface area contributed by atoms with E-state index in [9.17, 15) is 22.8 Å². The van der Waals surface area contributed by atoms with Crippen molar-refractivity contribution in [3.63, 3.8) is 0 Å². The fourth-order valence-corrected chi connectivity index (χ4v) is 1.88. The maximum absolute atomic E-state index is 12.7. The van der Waals surface area contributed by atoms with Gasteiger partial charge in [0.05, 0.1) is 12.2 Å². The molecule has 1 aliphatic heterocycles. The first-order valence-electron chi connectivity index (χ1n) is 5.61. The van der Waals surface area contributed by atoms with Crippen LogP contribution in [-0.2, 0) is 4.74 Å². The number of nitrogens with one attached hydrogen (secondary N) is 1. The third-order valence-corrected chi connectivity index (χ3v) is 2.89. The zero-order valence-electron chi connectivity index (χ0n) is 10.3. The molecule has 2 N–H and O–H groups in total. The van der Waals surface area contributed by atoms with E-state index >= 15 is 0 Å². The SMILES string of the molecule is Cc1cn([C@H]2C=C(C(F)(F)F)[C@@H](CO)O2)c(=O)[nH]c1=O. The maximum atomic E-state index is 12.7. The zero-order chi connectivity index (χ0) is 15.1. The number of aromatic nitrogens is 2. The molecule has 0 saturated heterocycles. The highest BCUT2D eigenvalue weighted by Crippen LogP contribution is 2.37. The van der Waals surface area contributed by atoms with Crippen molar-refractivity contribution in [3.8, 4) is 0 Å². The van der Waals surface area contributed by atoms with Crippen molar-refractivity contribution >= 4 is 0 Å². The van der Waals surface area contributed by atoms with Crippen molar-refractivity contribution in [2.75, 3.05) is 6.61 Å². The Morgan fingerprint density at radius 1 is 1.45 bits per heavy atom. The van der Waals surface area contributed by atoms with Gasteiger partial charge in [-0.15, -0.1) is 0 Å². The van der Waals surface area contributed by atoms with E-state index in [-0.39, 0.29) is 5.56 Å². The number of rotatable bonds is 2. The van der Waals surface area contributed by atoms with E-state index in [2.05, 4.69) is 0 Å². The van der Waals surface area contributed by atoms with Crippen molar-refractivity contribution < 1.29 is 23.0 Å². The molecule has 1 aromatic heterocycles. The van der Waals surface area contributed by atoms with Gasteiger partial charge >= 0.3 is 11.9 Å². The fourth-order valence-electron chi connectivity index (χ4n) is 1.88. The van der Waals surface area contributed by atoms with E-state index in [1.807, 2.05) is 4.98 Å². The van der Waals surface area contributed by atoms with Crippen LogP contribution >= 0.6 is 0 Å². The third-order valence-electron chi connectivity index (χ3n) is 2.89. The topological polar surface area (TPSA) is 84.3 Å². The minimum atomic E-state index is -4.66. The summed E-state index contributed by atoms with van der Waals surface area (Å²) in [6.45, 7) is 0.542. The first-order valence-corrected chi connectivity index (χ1v) is 5.61. The smallest absolute Gasteiger partial charge is 0.393 e. The Bertz CT molecular complexity index is 659. The van der Waals surface area contributed by atoms with E-state index in [0.717, 1.165) is 10.8 Å². The standard InChI is InChI=1S/C11H11F3N2O4/c1-5-3-16(10(19)15-9(5)18)8-2-6(11(12,13)14)7(4-17)20-8/h2-3,7-8,17H,4H2,1H3,(H,15,18,19)/t7-,8-/m1/s1. The van der Waals surface area contributed by atoms with Crippen LogP contribution in [0.3, 0.4) is 0 Å². The molecule has 110 valence electrons. The molecule has 0 aromatic carbocycles. The summed E-state index contributed by atoms with van der Waals surface area (Å²) in [7, 11) is 0. The second-order valence-electron chi connectivity index (χ2n) is 4.30. The molecule has 0 saturated carbocycles. The molecule has 0 unspecified atom stereocenters. The van der Waals surface area contributed by atoms with Crippen LogP contribution in [0.5, 0.6) is 0 Å². The Balaban J connectivity index is 2.46. The van der Waals surface area contributed by atoms with Gasteiger partial charge < -0.3 is 9.84 Å². The Kier molecular flexibility index (Phi) is 3.57. The number of alkyl halides is 3. The maximum Gasteiger partial charge on any atom is 0.415 e. The molecule has 0 bridgehead atoms. The highest BCUT2D eigenvalue weighted by atomic mass is 19.4. The molecule has 0 amide bonds. The Labute approximate surface area is 110 Å². The lowest BCUT2D eigenvalue weighted by atomic mass is 10.1. The first-order chi connectivity index (χ1) is 9.24. The van der Waals surface area contributed by atoms with Gasteiger partial charge in [0.1, 0.15) is 6.10 Å². The van der Waals surface area contributed by atoms with Gasteiger partial charge in [-0.05, 0) is 13.0 Å². The number of halogens is 3. The van der Waals surface area contributed by atoms with Gasteiger partial charge in [-0.3, -0.25) is 14.3 Å². The highest BCUT2D eigenvalue weighted by Gasteiger charge is 2.44. The van der Waals surface area contributed by atoms with Crippen LogP contribution in [0.15, 0.2) is 27.4 Å². The average Bonchev–Trinajstić information content (AvgIpc) is 2.77. The molecule has 6 nitrogen and oxygen atoms in total. The molecule has 9 heteroatoms. The molecule has 2 atom stereocenters. The second kappa shape index (κ2) is 4.91. The van der Waals surface area contributed by atoms with Crippen molar-refractivity contribution in [1.82, 2.24) is 9.55 Å². The number of nitrogens with zero attached hydrogens (tertiary/aromatic N) is 1. The monoisotopic (exact) mass is 292 g/mol. The van der Waals surface area contributed by atoms with Crippen LogP contribution in [0, 0.1) is 6.92 Å². The minimum Gasteiger partial charge on any atom is -0.393 e. The molecule has 0 aliphatic carbocycles. The predicted molar refractivity (Wildman–Crippen MR) is 61.2 cm³/mol. The van der Waals surface area contributed by atoms with Crippen molar-refractivity contribution in [2.45, 2.75) is 25.4 Å². The number of aromatic amines is 1. The number of ether oxygens (including phenoxy) is 1. The number of aliphatic hydroxyl groups is 1. The Morgan fingerprint density at radius 3 is 2.60 bits per heavy atom. The van der Waals surface area contributed by atoms with Gasteiger partial charge in [0.15, 0.2) is 6.23 Å². The van der Waals surface area contributed by atoms with Crippen LogP contribution in [-0.4, -0.2) is 33.5 Å². The number of aliphatic hydroxyl groups excluding tert-OH is 1. The summed E-state index contributed by atoms with van der Waals surface area (Å²) in [5.41, 5.74) is -2.41. The minimum absolute atomic E-state index is 0.155. The summed E-state index contributed by atoms with van der Waals surface area (Å²) in [6.07, 6.45) is -5.73. The van der Waals surface area contributed by atoms with Crippen LogP contribution in [0.25, 0.3) is 0 Å². The second-order valence-corrected chi connectivity index (χ2v) is 4.30. The molecule has 0 spiro atoms. The normalized spacial score (nSPS) is 22.9. The Hall–Kier alpha value is -1.87. The van der Waals surface area contributed by atoms with E-state index in [0.29, 0.717) is 6.08 Å². The molecular weight excluding hydrogens is 281 g/mol. The van der Waals surface area contributed by atoms with Crippen LogP contribution in [0.4, 0.5) is 13.2 Å². The Morgan fingerprint density at radius 2 is 2.10 bits per heavy atom. The molecule has 2 rings (SSSR count). The summed E-state index contributed by atoms with van der Waals surface area (Å²) in [6, 6.07) is 0. The van der Waals surface area contributed by atoms with Crippen LogP contribution in [0.2, 0.25) is 0 Å². The van der Waals surface area contributed by atoms with Crippen molar-refractivity contribution in [2.24, 2.45) is 0 Å². The lowest BCUT2D eigenvalue weighted by molar-refractivity contribution is -0.113. The summed E-state index contributed by atoms with van der Waals surface area (Å²) in [5, 5.41) is 8.92. The zero-order valence-corrected chi connectivity index (χ0v) is 10.3. The fraction of sp³-hybridized carbons (Fsp3) is 0.455. The number of H-pyrrole nitrogens is 1. The van der Waals surface area contributed by atoms with Gasteiger partial charge in [0.2, 0.25) is 0 Å². The largest absolute Gasteiger partial charge is 0.415 e. The van der Waals surface area contributed by atoms with E-state index in [1.54, 1.807) is 0 Å². The van der Waals surface area contributed by atoms with Crippen LogP contribution < -0.4 is 11.2 Å². The average molecular weight is 292 g/mol. The molecule has 1 aliphatic rings. The molecule has 0 radical (unpaired) electrons.